The third kappa shape index (κ3) is 1.46. The van der Waals surface area contributed by atoms with Crippen molar-refractivity contribution in [2.24, 2.45) is 7.05 Å². The molecular formula is C17H23N2+. The van der Waals surface area contributed by atoms with Crippen molar-refractivity contribution < 1.29 is 4.57 Å². The first-order valence-electron chi connectivity index (χ1n) is 7.18. The molecule has 0 radical (unpaired) electrons. The van der Waals surface area contributed by atoms with Crippen molar-refractivity contribution in [1.82, 2.24) is 4.57 Å². The molecule has 1 aromatic heterocycles. The normalized spacial score (nSPS) is 25.0. The third-order valence-corrected chi connectivity index (χ3v) is 5.28. The maximum Gasteiger partial charge on any atom is 0.244 e. The van der Waals surface area contributed by atoms with E-state index in [1.54, 1.807) is 0 Å². The number of aromatic nitrogens is 2. The molecule has 0 aliphatic carbocycles. The summed E-state index contributed by atoms with van der Waals surface area (Å²) in [6, 6.07) is 8.88. The van der Waals surface area contributed by atoms with E-state index in [1.807, 2.05) is 0 Å². The molecule has 2 heteroatoms. The van der Waals surface area contributed by atoms with Gasteiger partial charge in [-0.05, 0) is 18.9 Å². The van der Waals surface area contributed by atoms with Gasteiger partial charge in [0.1, 0.15) is 11.2 Å². The van der Waals surface area contributed by atoms with Crippen molar-refractivity contribution in [1.29, 1.82) is 0 Å². The molecule has 0 saturated heterocycles. The van der Waals surface area contributed by atoms with Crippen LogP contribution in [0.1, 0.15) is 44.4 Å². The van der Waals surface area contributed by atoms with Crippen molar-refractivity contribution in [2.75, 3.05) is 0 Å². The number of benzene rings is 1. The van der Waals surface area contributed by atoms with Crippen LogP contribution in [0.15, 0.2) is 30.6 Å². The first-order valence-corrected chi connectivity index (χ1v) is 7.18. The molecular weight excluding hydrogens is 232 g/mol. The fourth-order valence-electron chi connectivity index (χ4n) is 3.48. The number of aryl methyl sites for hydroxylation is 1. The molecule has 0 bridgehead atoms. The Bertz CT molecular complexity index is 639. The van der Waals surface area contributed by atoms with Crippen LogP contribution in [0.5, 0.6) is 0 Å². The van der Waals surface area contributed by atoms with Gasteiger partial charge in [-0.15, -0.1) is 0 Å². The molecule has 19 heavy (non-hydrogen) atoms. The minimum Gasteiger partial charge on any atom is -0.236 e. The second kappa shape index (κ2) is 3.96. The fraction of sp³-hybridized carbons (Fsp3) is 0.471. The predicted molar refractivity (Wildman–Crippen MR) is 78.1 cm³/mol. The summed E-state index contributed by atoms with van der Waals surface area (Å²) in [6.45, 7) is 9.26. The van der Waals surface area contributed by atoms with E-state index in [1.165, 1.54) is 22.5 Å². The minimum atomic E-state index is 0.162. The summed E-state index contributed by atoms with van der Waals surface area (Å²) in [5.74, 6) is 0.535. The van der Waals surface area contributed by atoms with E-state index in [4.69, 9.17) is 0 Å². The SMILES string of the molecule is CC[C@]1(C)C(C)c2ccccc2-c2c(C)n(C)c[n+]21. The van der Waals surface area contributed by atoms with Gasteiger partial charge in [0.25, 0.3) is 0 Å². The molecule has 100 valence electrons. The highest BCUT2D eigenvalue weighted by molar-refractivity contribution is 5.65. The first kappa shape index (κ1) is 12.5. The van der Waals surface area contributed by atoms with Gasteiger partial charge in [-0.3, -0.25) is 0 Å². The van der Waals surface area contributed by atoms with Crippen LogP contribution < -0.4 is 4.57 Å². The summed E-state index contributed by atoms with van der Waals surface area (Å²) in [5, 5.41) is 0. The van der Waals surface area contributed by atoms with Gasteiger partial charge in [-0.1, -0.05) is 38.1 Å². The monoisotopic (exact) mass is 255 g/mol. The van der Waals surface area contributed by atoms with Gasteiger partial charge >= 0.3 is 0 Å². The Morgan fingerprint density at radius 1 is 1.32 bits per heavy atom. The van der Waals surface area contributed by atoms with Crippen LogP contribution in [0.25, 0.3) is 11.3 Å². The van der Waals surface area contributed by atoms with Gasteiger partial charge in [0, 0.05) is 18.4 Å². The molecule has 3 rings (SSSR count). The van der Waals surface area contributed by atoms with Crippen molar-refractivity contribution in [3.05, 3.63) is 41.9 Å². The molecule has 0 N–H and O–H groups in total. The van der Waals surface area contributed by atoms with Gasteiger partial charge in [0.05, 0.1) is 7.05 Å². The molecule has 2 aromatic rings. The lowest BCUT2D eigenvalue weighted by atomic mass is 9.74. The zero-order valence-electron chi connectivity index (χ0n) is 12.6. The molecule has 0 saturated carbocycles. The molecule has 0 fully saturated rings. The Labute approximate surface area is 115 Å². The van der Waals surface area contributed by atoms with E-state index >= 15 is 0 Å². The predicted octanol–water partition coefficient (Wildman–Crippen LogP) is 3.53. The van der Waals surface area contributed by atoms with Crippen molar-refractivity contribution >= 4 is 0 Å². The fourth-order valence-corrected chi connectivity index (χ4v) is 3.48. The summed E-state index contributed by atoms with van der Waals surface area (Å²) in [5.41, 5.74) is 5.79. The zero-order chi connectivity index (χ0) is 13.8. The zero-order valence-corrected chi connectivity index (χ0v) is 12.6. The summed E-state index contributed by atoms with van der Waals surface area (Å²) >= 11 is 0. The van der Waals surface area contributed by atoms with Gasteiger partial charge in [0.15, 0.2) is 5.69 Å². The molecule has 2 nitrogen and oxygen atoms in total. The van der Waals surface area contributed by atoms with Crippen molar-refractivity contribution in [3.8, 4) is 11.3 Å². The van der Waals surface area contributed by atoms with Crippen LogP contribution >= 0.6 is 0 Å². The lowest BCUT2D eigenvalue weighted by Crippen LogP contribution is -2.59. The molecule has 2 heterocycles. The number of nitrogens with zero attached hydrogens (tertiary/aromatic N) is 2. The van der Waals surface area contributed by atoms with Crippen molar-refractivity contribution in [2.45, 2.75) is 45.6 Å². The highest BCUT2D eigenvalue weighted by Gasteiger charge is 2.45. The molecule has 1 unspecified atom stereocenters. The Morgan fingerprint density at radius 3 is 2.68 bits per heavy atom. The topological polar surface area (TPSA) is 8.81 Å². The molecule has 1 aromatic carbocycles. The van der Waals surface area contributed by atoms with E-state index in [9.17, 15) is 0 Å². The summed E-state index contributed by atoms with van der Waals surface area (Å²) < 4.78 is 4.74. The lowest BCUT2D eigenvalue weighted by molar-refractivity contribution is -0.757. The molecule has 0 amide bonds. The average Bonchev–Trinajstić information content (AvgIpc) is 2.73. The van der Waals surface area contributed by atoms with Crippen LogP contribution in [0.3, 0.4) is 0 Å². The first-order chi connectivity index (χ1) is 9.00. The highest BCUT2D eigenvalue weighted by atomic mass is 15.2. The third-order valence-electron chi connectivity index (χ3n) is 5.28. The summed E-state index contributed by atoms with van der Waals surface area (Å²) in [7, 11) is 2.14. The van der Waals surface area contributed by atoms with Crippen LogP contribution in [-0.2, 0) is 12.6 Å². The van der Waals surface area contributed by atoms with E-state index in [0.29, 0.717) is 5.92 Å². The Balaban J connectivity index is 2.40. The number of hydrogen-bond acceptors (Lipinski definition) is 0. The van der Waals surface area contributed by atoms with Gasteiger partial charge in [-0.25, -0.2) is 9.13 Å². The van der Waals surface area contributed by atoms with Crippen LogP contribution in [0.4, 0.5) is 0 Å². The van der Waals surface area contributed by atoms with E-state index in [2.05, 4.69) is 74.5 Å². The van der Waals surface area contributed by atoms with Crippen LogP contribution in [0, 0.1) is 6.92 Å². The summed E-state index contributed by atoms with van der Waals surface area (Å²) in [6.07, 6.45) is 3.41. The Kier molecular flexibility index (Phi) is 2.60. The van der Waals surface area contributed by atoms with Crippen LogP contribution in [0.2, 0.25) is 0 Å². The van der Waals surface area contributed by atoms with Crippen molar-refractivity contribution in [3.63, 3.8) is 0 Å². The van der Waals surface area contributed by atoms with E-state index in [0.717, 1.165) is 6.42 Å². The molecule has 2 atom stereocenters. The summed E-state index contributed by atoms with van der Waals surface area (Å²) in [4.78, 5) is 0. The maximum absolute atomic E-state index is 2.50. The van der Waals surface area contributed by atoms with Crippen LogP contribution in [-0.4, -0.2) is 4.57 Å². The standard InChI is InChI=1S/C17H23N2/c1-6-17(4)12(2)14-9-7-8-10-15(14)16-13(3)18(5)11-19(16)17/h7-12H,6H2,1-5H3/q+1/t12?,17-/m1/s1. The number of rotatable bonds is 1. The largest absolute Gasteiger partial charge is 0.244 e. The second-order valence-corrected chi connectivity index (χ2v) is 6.05. The lowest BCUT2D eigenvalue weighted by Gasteiger charge is -2.37. The maximum atomic E-state index is 2.50. The second-order valence-electron chi connectivity index (χ2n) is 6.05. The molecule has 0 spiro atoms. The quantitative estimate of drug-likeness (QED) is 0.689. The molecule has 1 aliphatic rings. The molecule has 1 aliphatic heterocycles. The van der Waals surface area contributed by atoms with E-state index in [-0.39, 0.29) is 5.54 Å². The smallest absolute Gasteiger partial charge is 0.236 e. The highest BCUT2D eigenvalue weighted by Crippen LogP contribution is 2.43. The van der Waals surface area contributed by atoms with E-state index < -0.39 is 0 Å². The Hall–Kier alpha value is -1.57. The van der Waals surface area contributed by atoms with Gasteiger partial charge in [-0.2, -0.15) is 0 Å². The minimum absolute atomic E-state index is 0.162. The Morgan fingerprint density at radius 2 is 2.00 bits per heavy atom. The van der Waals surface area contributed by atoms with Gasteiger partial charge < -0.3 is 0 Å². The average molecular weight is 255 g/mol. The van der Waals surface area contributed by atoms with Gasteiger partial charge in [0.2, 0.25) is 6.33 Å². The number of imidazole rings is 1. The number of fused-ring (bicyclic) bond motifs is 3. The number of hydrogen-bond donors (Lipinski definition) is 0.